The number of aliphatic hydroxyl groups is 1. The molecule has 4 N–H and O–H groups in total. The fourth-order valence-electron chi connectivity index (χ4n) is 6.55. The van der Waals surface area contributed by atoms with Crippen molar-refractivity contribution in [3.63, 3.8) is 0 Å². The molecule has 1 fully saturated rings. The molecule has 1 aliphatic heterocycles. The summed E-state index contributed by atoms with van der Waals surface area (Å²) in [5.74, 6) is -1.79. The Hall–Kier alpha value is -3.22. The number of carboxylic acid groups (broad SMARTS) is 1. The number of ether oxygens (including phenoxy) is 2. The van der Waals surface area contributed by atoms with Crippen LogP contribution in [0.25, 0.3) is 0 Å². The molecule has 46 heavy (non-hydrogen) atoms. The van der Waals surface area contributed by atoms with Crippen LogP contribution in [-0.4, -0.2) is 108 Å². The van der Waals surface area contributed by atoms with E-state index < -0.39 is 48.4 Å². The molecular weight excluding hydrogens is 592 g/mol. The molecule has 1 heterocycles. The van der Waals surface area contributed by atoms with Gasteiger partial charge in [0.15, 0.2) is 0 Å². The summed E-state index contributed by atoms with van der Waals surface area (Å²) in [6.07, 6.45) is -1.30. The van der Waals surface area contributed by atoms with Crippen molar-refractivity contribution in [2.24, 2.45) is 17.8 Å². The summed E-state index contributed by atoms with van der Waals surface area (Å²) in [6.45, 7) is 11.5. The topological polar surface area (TPSA) is 158 Å². The number of amides is 4. The number of carbonyl (C=O) groups excluding carboxylic acids is 3. The first-order chi connectivity index (χ1) is 21.7. The highest BCUT2D eigenvalue weighted by atomic mass is 16.5. The maximum Gasteiger partial charge on any atom is 0.405 e. The van der Waals surface area contributed by atoms with Crippen molar-refractivity contribution in [2.45, 2.75) is 110 Å². The van der Waals surface area contributed by atoms with Gasteiger partial charge in [0.2, 0.25) is 17.7 Å². The summed E-state index contributed by atoms with van der Waals surface area (Å²) in [4.78, 5) is 55.5. The number of nitrogens with zero attached hydrogens (tertiary/aromatic N) is 2. The van der Waals surface area contributed by atoms with Crippen molar-refractivity contribution in [1.29, 1.82) is 0 Å². The highest BCUT2D eigenvalue weighted by Gasteiger charge is 2.43. The molecular formula is C34H56N4O8. The van der Waals surface area contributed by atoms with Crippen LogP contribution in [0.3, 0.4) is 0 Å². The lowest BCUT2D eigenvalue weighted by Crippen LogP contribution is -2.57. The third kappa shape index (κ3) is 9.89. The Kier molecular flexibility index (Phi) is 15.4. The Labute approximate surface area is 274 Å². The van der Waals surface area contributed by atoms with Crippen LogP contribution in [0, 0.1) is 17.8 Å². The second-order valence-corrected chi connectivity index (χ2v) is 12.9. The van der Waals surface area contributed by atoms with E-state index in [9.17, 15) is 29.4 Å². The van der Waals surface area contributed by atoms with Gasteiger partial charge in [0.1, 0.15) is 6.04 Å². The van der Waals surface area contributed by atoms with Crippen molar-refractivity contribution >= 4 is 23.8 Å². The Bertz CT molecular complexity index is 1140. The zero-order valence-electron chi connectivity index (χ0n) is 28.9. The van der Waals surface area contributed by atoms with Crippen molar-refractivity contribution in [1.82, 2.24) is 20.4 Å². The van der Waals surface area contributed by atoms with Crippen LogP contribution >= 0.6 is 0 Å². The standard InChI is InChI=1S/C34H56N4O8/c1-10-21(4)29(37(7)33(42)28(20(2)3)36-34(43)44)26(45-8)19-27(39)38-18-14-17-25(38)31(46-9)22(5)32(41)35-23(6)30(40)24-15-12-11-13-16-24/h11-13,15-16,20-23,25-26,28-31,36,40H,10,14,17-19H2,1-9H3,(H,35,41)(H,43,44)/t21-,22+,23+,25-,26+,28-,29-,30+,31+/m0/s1. The Balaban J connectivity index is 2.21. The Morgan fingerprint density at radius 2 is 1.65 bits per heavy atom. The maximum atomic E-state index is 13.9. The van der Waals surface area contributed by atoms with Gasteiger partial charge < -0.3 is 40.1 Å². The number of hydrogen-bond donors (Lipinski definition) is 4. The molecule has 12 heteroatoms. The van der Waals surface area contributed by atoms with Crippen LogP contribution in [0.5, 0.6) is 0 Å². The molecule has 1 aliphatic rings. The second-order valence-electron chi connectivity index (χ2n) is 12.9. The SMILES string of the molecule is CC[C@H](C)[C@@H]([C@@H](CC(=O)N1CCC[C@H]1[C@H](OC)[C@@H](C)C(=O)N[C@H](C)[C@@H](O)c1ccccc1)OC)N(C)C(=O)[C@@H](NC(=O)O)C(C)C. The first-order valence-electron chi connectivity index (χ1n) is 16.3. The molecule has 0 aliphatic carbocycles. The first-order valence-corrected chi connectivity index (χ1v) is 16.3. The van der Waals surface area contributed by atoms with E-state index in [1.165, 1.54) is 19.1 Å². The molecule has 0 aromatic heterocycles. The van der Waals surface area contributed by atoms with Gasteiger partial charge in [-0.05, 0) is 37.2 Å². The largest absolute Gasteiger partial charge is 0.465 e. The highest BCUT2D eigenvalue weighted by Crippen LogP contribution is 2.30. The molecule has 12 nitrogen and oxygen atoms in total. The molecule has 0 spiro atoms. The predicted molar refractivity (Wildman–Crippen MR) is 175 cm³/mol. The monoisotopic (exact) mass is 648 g/mol. The minimum Gasteiger partial charge on any atom is -0.465 e. The van der Waals surface area contributed by atoms with Gasteiger partial charge in [-0.1, -0.05) is 71.4 Å². The van der Waals surface area contributed by atoms with Crippen LogP contribution in [-0.2, 0) is 23.9 Å². The van der Waals surface area contributed by atoms with Gasteiger partial charge in [0.05, 0.1) is 48.8 Å². The van der Waals surface area contributed by atoms with Gasteiger partial charge in [0, 0.05) is 27.8 Å². The molecule has 0 saturated carbocycles. The number of aliphatic hydroxyl groups excluding tert-OH is 1. The number of carbonyl (C=O) groups is 4. The van der Waals surface area contributed by atoms with Crippen LogP contribution in [0.2, 0.25) is 0 Å². The van der Waals surface area contributed by atoms with E-state index in [1.807, 2.05) is 32.0 Å². The maximum absolute atomic E-state index is 13.9. The number of methoxy groups -OCH3 is 2. The zero-order chi connectivity index (χ0) is 34.7. The smallest absolute Gasteiger partial charge is 0.405 e. The lowest BCUT2D eigenvalue weighted by Gasteiger charge is -2.40. The third-order valence-electron chi connectivity index (χ3n) is 9.45. The minimum absolute atomic E-state index is 0.00432. The Morgan fingerprint density at radius 1 is 1.02 bits per heavy atom. The summed E-state index contributed by atoms with van der Waals surface area (Å²) in [5.41, 5.74) is 0.701. The fourth-order valence-corrected chi connectivity index (χ4v) is 6.55. The van der Waals surface area contributed by atoms with E-state index in [0.29, 0.717) is 24.9 Å². The second kappa shape index (κ2) is 18.2. The van der Waals surface area contributed by atoms with Crippen molar-refractivity contribution in [2.75, 3.05) is 27.8 Å². The van der Waals surface area contributed by atoms with E-state index >= 15 is 0 Å². The first kappa shape index (κ1) is 39.0. The molecule has 0 bridgehead atoms. The van der Waals surface area contributed by atoms with E-state index in [-0.39, 0.29) is 42.0 Å². The van der Waals surface area contributed by atoms with Crippen LogP contribution in [0.4, 0.5) is 4.79 Å². The predicted octanol–water partition coefficient (Wildman–Crippen LogP) is 3.44. The number of benzene rings is 1. The summed E-state index contributed by atoms with van der Waals surface area (Å²) >= 11 is 0. The number of nitrogens with one attached hydrogen (secondary N) is 2. The van der Waals surface area contributed by atoms with E-state index in [2.05, 4.69) is 10.6 Å². The molecule has 1 saturated heterocycles. The molecule has 9 atom stereocenters. The van der Waals surface area contributed by atoms with Gasteiger partial charge in [-0.15, -0.1) is 0 Å². The third-order valence-corrected chi connectivity index (χ3v) is 9.45. The molecule has 0 unspecified atom stereocenters. The van der Waals surface area contributed by atoms with Gasteiger partial charge in [0.25, 0.3) is 0 Å². The van der Waals surface area contributed by atoms with Crippen molar-refractivity contribution in [3.05, 3.63) is 35.9 Å². The average Bonchev–Trinajstić information content (AvgIpc) is 3.52. The van der Waals surface area contributed by atoms with Crippen LogP contribution in [0.1, 0.15) is 78.9 Å². The Morgan fingerprint density at radius 3 is 2.17 bits per heavy atom. The number of rotatable bonds is 17. The number of likely N-dealkylation sites (N-methyl/N-ethyl adjacent to an activating group) is 1. The summed E-state index contributed by atoms with van der Waals surface area (Å²) in [6, 6.07) is 6.79. The average molecular weight is 649 g/mol. The molecule has 1 aromatic carbocycles. The van der Waals surface area contributed by atoms with Crippen LogP contribution in [0.15, 0.2) is 30.3 Å². The summed E-state index contributed by atoms with van der Waals surface area (Å²) in [5, 5.41) is 25.3. The molecule has 0 radical (unpaired) electrons. The molecule has 1 aromatic rings. The van der Waals surface area contributed by atoms with Gasteiger partial charge in [-0.25, -0.2) is 4.79 Å². The quantitative estimate of drug-likeness (QED) is 0.200. The summed E-state index contributed by atoms with van der Waals surface area (Å²) in [7, 11) is 4.67. The lowest BCUT2D eigenvalue weighted by atomic mass is 9.89. The van der Waals surface area contributed by atoms with Gasteiger partial charge in [-0.2, -0.15) is 0 Å². The number of hydrogen-bond acceptors (Lipinski definition) is 7. The van der Waals surface area contributed by atoms with Crippen LogP contribution < -0.4 is 10.6 Å². The number of likely N-dealkylation sites (tertiary alicyclic amines) is 1. The van der Waals surface area contributed by atoms with Crippen molar-refractivity contribution in [3.8, 4) is 0 Å². The van der Waals surface area contributed by atoms with E-state index in [0.717, 1.165) is 6.42 Å². The van der Waals surface area contributed by atoms with E-state index in [4.69, 9.17) is 9.47 Å². The highest BCUT2D eigenvalue weighted by molar-refractivity contribution is 5.86. The molecule has 260 valence electrons. The van der Waals surface area contributed by atoms with Gasteiger partial charge >= 0.3 is 6.09 Å². The minimum atomic E-state index is -1.28. The normalized spacial score (nSPS) is 20.2. The molecule has 4 amide bonds. The van der Waals surface area contributed by atoms with Crippen molar-refractivity contribution < 1.29 is 38.9 Å². The zero-order valence-corrected chi connectivity index (χ0v) is 28.9. The van der Waals surface area contributed by atoms with E-state index in [1.54, 1.807) is 51.8 Å². The lowest BCUT2D eigenvalue weighted by molar-refractivity contribution is -0.147. The molecule has 2 rings (SSSR count). The van der Waals surface area contributed by atoms with Gasteiger partial charge in [-0.3, -0.25) is 14.4 Å². The summed E-state index contributed by atoms with van der Waals surface area (Å²) < 4.78 is 11.7. The fraction of sp³-hybridized carbons (Fsp3) is 0.706.